The van der Waals surface area contributed by atoms with Gasteiger partial charge < -0.3 is 51.1 Å². The van der Waals surface area contributed by atoms with Gasteiger partial charge in [-0.25, -0.2) is 0 Å². The zero-order chi connectivity index (χ0) is 87.0. The van der Waals surface area contributed by atoms with Gasteiger partial charge in [0, 0.05) is 123 Å². The van der Waals surface area contributed by atoms with E-state index < -0.39 is 152 Å². The topological polar surface area (TPSA) is 385 Å². The van der Waals surface area contributed by atoms with Gasteiger partial charge in [0.05, 0.1) is 50.7 Å². The molecular weight excluding hydrogens is 1950 g/mol. The number of aliphatic hydroxyl groups excluding tert-OH is 2. The van der Waals surface area contributed by atoms with Crippen LogP contribution in [-0.4, -0.2) is 239 Å². The SMILES string of the molecule is C.C.C.C.C.C.C.C.C.C.C.C.C.C.C.C.C.C.C.C.C.C.C.C.C=CC(=O)CC[Si](C)(C)O[Si](C)(C)CCC(=O)CCSCC(O)C(O)CSCCC(=O)CC[Si](C)(C)O[Si](C)(C)CCC(=O)C=C.C=CC(=O)CC[Si](C)(C)O[Si](C)(C)CCC(=O)CCSCC(OC(=O)CCC(=O)O)C(CSCCC(=O)CC[Si](C)(C)O[Si](C)(C)CCC(=O)C=C)OC(=O)CCC(=O)O.O=C1CCC(=O)O1. The molecule has 1 fully saturated rings. The molecule has 25 nitrogen and oxygen atoms in total. The van der Waals surface area contributed by atoms with Gasteiger partial charge in [-0.15, -0.1) is 0 Å². The first-order valence-electron chi connectivity index (χ1n) is 38.8. The number of rotatable bonds is 66. The highest BCUT2D eigenvalue weighted by Crippen LogP contribution is 2.30. The summed E-state index contributed by atoms with van der Waals surface area (Å²) in [5.74, 6) is -1.53. The van der Waals surface area contributed by atoms with Crippen LogP contribution in [0.5, 0.6) is 0 Å². The Balaban J connectivity index is -0.0000000608. The fourth-order valence-electron chi connectivity index (χ4n) is 11.3. The number of carbonyl (C=O) groups is 14. The minimum absolute atomic E-state index is 0. The third-order valence-corrected chi connectivity index (χ3v) is 51.1. The molecular formula is C100H232O25S4Si8. The summed E-state index contributed by atoms with van der Waals surface area (Å²) in [6, 6.07) is 5.58. The summed E-state index contributed by atoms with van der Waals surface area (Å²) in [5.41, 5.74) is 0. The lowest BCUT2D eigenvalue weighted by atomic mass is 10.2. The quantitative estimate of drug-likeness (QED) is 0.0110. The predicted octanol–water partition coefficient (Wildman–Crippen LogP) is 30.0. The fourth-order valence-corrected chi connectivity index (χ4v) is 49.5. The monoisotopic (exact) mass is 2190 g/mol. The van der Waals surface area contributed by atoms with Gasteiger partial charge in [0.2, 0.25) is 0 Å². The number of cyclic esters (lactones) is 2. The molecule has 0 aliphatic carbocycles. The molecule has 0 aromatic carbocycles. The van der Waals surface area contributed by atoms with Crippen LogP contribution < -0.4 is 0 Å². The summed E-state index contributed by atoms with van der Waals surface area (Å²) in [5, 5.41) is 38.9. The van der Waals surface area contributed by atoms with Crippen LogP contribution in [0.1, 0.15) is 294 Å². The summed E-state index contributed by atoms with van der Waals surface area (Å²) in [7, 11) is -16.7. The van der Waals surface area contributed by atoms with Crippen LogP contribution in [0.15, 0.2) is 50.6 Å². The van der Waals surface area contributed by atoms with Crippen molar-refractivity contribution in [1.82, 2.24) is 0 Å². The van der Waals surface area contributed by atoms with Gasteiger partial charge in [-0.3, -0.25) is 67.1 Å². The summed E-state index contributed by atoms with van der Waals surface area (Å²) < 4.78 is 41.5. The number of esters is 4. The van der Waals surface area contributed by atoms with E-state index in [2.05, 4.69) is 136 Å². The van der Waals surface area contributed by atoms with Crippen molar-refractivity contribution >= 4 is 196 Å². The third-order valence-electron chi connectivity index (χ3n) is 17.6. The smallest absolute Gasteiger partial charge is 0.314 e. The highest BCUT2D eigenvalue weighted by molar-refractivity contribution is 8.00. The van der Waals surface area contributed by atoms with Gasteiger partial charge in [0.1, 0.15) is 35.3 Å². The molecule has 137 heavy (non-hydrogen) atoms. The second kappa shape index (κ2) is 105. The van der Waals surface area contributed by atoms with E-state index in [-0.39, 0.29) is 262 Å². The molecule has 0 radical (unpaired) electrons. The van der Waals surface area contributed by atoms with Crippen molar-refractivity contribution in [3.8, 4) is 0 Å². The van der Waals surface area contributed by atoms with E-state index in [0.29, 0.717) is 123 Å². The van der Waals surface area contributed by atoms with Crippen LogP contribution in [-0.2, 0) is 97.8 Å². The number of ketones is 8. The first kappa shape index (κ1) is 203. The lowest BCUT2D eigenvalue weighted by Gasteiger charge is -2.34. The van der Waals surface area contributed by atoms with Crippen LogP contribution in [0.25, 0.3) is 0 Å². The standard InChI is InChI=1S/C40H70O14S2Si4.C32H62O8S2Si4.C4H4O3.24CH4/c1-11-31(41)19-25-57(3,4)53-59(7,8)27-21-33(43)17-23-55-29-35(51-39(49)15-13-37(45)46)36(52-40(50)16-14-38(47)48)30-56-24-18-34(44)22-28-60(9,10)54-58(5,6)26-20-32(42)12-2;1-11-27(33)15-21-43(3,4)39-45(7,8)23-17-29(35)13-19-41-25-31(37)32(38)26-42-20-14-30(36)18-24-46(9,10)40-44(5,6)22-16-28(34)12-2;5-3-1-2-4(6)7-3;;;;;;;;;;;;;;;;;;;;;;;;/h11-12,35-36H,1-2,13-30H2,3-10H3,(H,45,46)(H,47,48);11-12,31-32,37-38H,1-2,13-26H2,3-10H3;1-2H2;24*1H4. The van der Waals surface area contributed by atoms with Gasteiger partial charge in [-0.05, 0) is 177 Å². The fraction of sp³-hybridized carbons (Fsp3) is 0.780. The molecule has 0 spiro atoms. The van der Waals surface area contributed by atoms with Gasteiger partial charge in [-0.1, -0.05) is 205 Å². The number of thioether (sulfide) groups is 4. The van der Waals surface area contributed by atoms with E-state index in [0.717, 1.165) is 24.2 Å². The molecule has 4 atom stereocenters. The van der Waals surface area contributed by atoms with E-state index in [1.807, 2.05) is 0 Å². The number of hydrogen-bond acceptors (Lipinski definition) is 27. The lowest BCUT2D eigenvalue weighted by Crippen LogP contribution is -2.44. The van der Waals surface area contributed by atoms with Crippen molar-refractivity contribution < 1.29 is 118 Å². The lowest BCUT2D eigenvalue weighted by molar-refractivity contribution is -0.165. The molecule has 1 aliphatic heterocycles. The molecule has 4 unspecified atom stereocenters. The number of carboxylic acid groups (broad SMARTS) is 2. The highest BCUT2D eigenvalue weighted by Gasteiger charge is 2.38. The molecule has 838 valence electrons. The largest absolute Gasteiger partial charge is 0.481 e. The molecule has 1 heterocycles. The van der Waals surface area contributed by atoms with Crippen LogP contribution >= 0.6 is 47.0 Å². The zero-order valence-corrected chi connectivity index (χ0v) is 81.7. The summed E-state index contributed by atoms with van der Waals surface area (Å²) >= 11 is 5.53. The van der Waals surface area contributed by atoms with E-state index >= 15 is 0 Å². The molecule has 0 bridgehead atoms. The van der Waals surface area contributed by atoms with Gasteiger partial charge in [0.25, 0.3) is 0 Å². The maximum absolute atomic E-state index is 12.9. The van der Waals surface area contributed by atoms with Crippen molar-refractivity contribution in [2.45, 2.75) is 471 Å². The number of ether oxygens (including phenoxy) is 3. The first-order chi connectivity index (χ1) is 52.1. The van der Waals surface area contributed by atoms with Gasteiger partial charge in [0.15, 0.2) is 89.7 Å². The van der Waals surface area contributed by atoms with E-state index in [4.69, 9.17) is 36.1 Å². The van der Waals surface area contributed by atoms with Crippen LogP contribution in [0.4, 0.5) is 0 Å². The van der Waals surface area contributed by atoms with E-state index in [1.54, 1.807) is 0 Å². The van der Waals surface area contributed by atoms with Crippen molar-refractivity contribution in [2.24, 2.45) is 0 Å². The predicted molar refractivity (Wildman–Crippen MR) is 636 cm³/mol. The molecule has 1 aliphatic rings. The number of carboxylic acids is 2. The summed E-state index contributed by atoms with van der Waals surface area (Å²) in [4.78, 5) is 165. The highest BCUT2D eigenvalue weighted by atomic mass is 32.2. The average molecular weight is 2190 g/mol. The Labute approximate surface area is 875 Å². The Morgan fingerprint density at radius 2 is 0.453 bits per heavy atom. The molecule has 1 rings (SSSR count). The number of allylic oxidation sites excluding steroid dienone is 4. The summed E-state index contributed by atoms with van der Waals surface area (Å²) in [6.45, 7) is 47.6. The van der Waals surface area contributed by atoms with Crippen molar-refractivity contribution in [3.05, 3.63) is 50.6 Å². The summed E-state index contributed by atoms with van der Waals surface area (Å²) in [6.07, 6.45) is 4.84. The minimum Gasteiger partial charge on any atom is -0.481 e. The van der Waals surface area contributed by atoms with Crippen molar-refractivity contribution in [3.63, 3.8) is 0 Å². The molecule has 0 amide bonds. The first-order valence-corrected chi connectivity index (χ1v) is 68.4. The molecule has 1 saturated heterocycles. The number of aliphatic hydroxyl groups is 2. The molecule has 37 heteroatoms. The number of Topliss-reactive ketones (excluding diaryl/α,β-unsaturated/α-hetero) is 4. The Morgan fingerprint density at radius 3 is 0.606 bits per heavy atom. The minimum atomic E-state index is -2.21. The van der Waals surface area contributed by atoms with Crippen LogP contribution in [0, 0.1) is 0 Å². The number of aliphatic carboxylic acids is 2. The Bertz CT molecular complexity index is 2940. The second-order valence-corrected chi connectivity index (χ2v) is 73.0. The van der Waals surface area contributed by atoms with Crippen LogP contribution in [0.2, 0.25) is 153 Å². The van der Waals surface area contributed by atoms with E-state index in [9.17, 15) is 77.3 Å². The Kier molecular flexibility index (Phi) is 155. The van der Waals surface area contributed by atoms with Gasteiger partial charge >= 0.3 is 35.8 Å². The molecule has 0 aromatic rings. The zero-order valence-electron chi connectivity index (χ0n) is 70.5. The molecule has 0 aromatic heterocycles. The average Bonchev–Trinajstić information content (AvgIpc) is 1.37. The molecule has 4 N–H and O–H groups in total. The number of hydrogen-bond donors (Lipinski definition) is 4. The third kappa shape index (κ3) is 116. The van der Waals surface area contributed by atoms with Crippen molar-refractivity contribution in [1.29, 1.82) is 0 Å². The normalized spacial score (nSPS) is 11.5. The maximum atomic E-state index is 12.9. The molecule has 0 saturated carbocycles. The van der Waals surface area contributed by atoms with Gasteiger partial charge in [-0.2, -0.15) is 47.0 Å². The van der Waals surface area contributed by atoms with E-state index in [1.165, 1.54) is 71.4 Å². The second-order valence-electron chi connectivity index (χ2n) is 32.9. The van der Waals surface area contributed by atoms with Crippen molar-refractivity contribution in [2.75, 3.05) is 46.0 Å². The van der Waals surface area contributed by atoms with Crippen LogP contribution in [0.3, 0.4) is 0 Å². The number of carbonyl (C=O) groups excluding carboxylic acids is 12. The Morgan fingerprint density at radius 1 is 0.285 bits per heavy atom. The maximum Gasteiger partial charge on any atom is 0.314 e. The Hall–Kier alpha value is -3.76.